The molecule has 1 aromatic rings. The molecule has 2 rings (SSSR count). The fourth-order valence-corrected chi connectivity index (χ4v) is 2.16. The van der Waals surface area contributed by atoms with Crippen LogP contribution in [0.4, 0.5) is 4.39 Å². The molecule has 1 heterocycles. The monoisotopic (exact) mass is 243 g/mol. The van der Waals surface area contributed by atoms with Crippen LogP contribution in [0.25, 0.3) is 0 Å². The van der Waals surface area contributed by atoms with Crippen LogP contribution >= 0.6 is 11.6 Å². The fraction of sp³-hybridized carbons (Fsp3) is 0.500. The van der Waals surface area contributed by atoms with Crippen LogP contribution in [0, 0.1) is 5.82 Å². The van der Waals surface area contributed by atoms with Gasteiger partial charge in [0.15, 0.2) is 0 Å². The molecular weight excluding hydrogens is 229 g/mol. The zero-order valence-corrected chi connectivity index (χ0v) is 9.77. The maximum Gasteiger partial charge on any atom is 0.127 e. The van der Waals surface area contributed by atoms with Gasteiger partial charge in [0, 0.05) is 23.8 Å². The van der Waals surface area contributed by atoms with E-state index in [0.717, 1.165) is 12.8 Å². The lowest BCUT2D eigenvalue weighted by Gasteiger charge is -2.33. The van der Waals surface area contributed by atoms with Crippen molar-refractivity contribution in [3.63, 3.8) is 0 Å². The predicted molar refractivity (Wildman–Crippen MR) is 62.1 cm³/mol. The van der Waals surface area contributed by atoms with E-state index >= 15 is 0 Å². The molecule has 0 unspecified atom stereocenters. The van der Waals surface area contributed by atoms with Gasteiger partial charge in [0.1, 0.15) is 5.82 Å². The van der Waals surface area contributed by atoms with E-state index in [1.54, 1.807) is 12.1 Å². The molecule has 0 bridgehead atoms. The number of halogens is 2. The second-order valence-electron chi connectivity index (χ2n) is 4.39. The molecule has 1 aliphatic rings. The lowest BCUT2D eigenvalue weighted by Crippen LogP contribution is -2.47. The van der Waals surface area contributed by atoms with Gasteiger partial charge in [-0.3, -0.25) is 0 Å². The minimum atomic E-state index is -0.340. The Morgan fingerprint density at radius 2 is 2.06 bits per heavy atom. The van der Waals surface area contributed by atoms with Gasteiger partial charge in [0.2, 0.25) is 0 Å². The normalized spacial score (nSPS) is 19.7. The average Bonchev–Trinajstić information content (AvgIpc) is 2.23. The van der Waals surface area contributed by atoms with Crippen molar-refractivity contribution in [3.05, 3.63) is 34.6 Å². The maximum atomic E-state index is 13.6. The molecule has 0 atom stereocenters. The molecule has 2 nitrogen and oxygen atoms in total. The molecule has 2 N–H and O–H groups in total. The Balaban J connectivity index is 2.13. The van der Waals surface area contributed by atoms with E-state index in [-0.39, 0.29) is 11.4 Å². The minimum absolute atomic E-state index is 0.274. The van der Waals surface area contributed by atoms with Gasteiger partial charge in [-0.25, -0.2) is 4.39 Å². The average molecular weight is 244 g/mol. The standard InChI is InChI=1S/C12H15ClFNO/c13-10-2-1-9(11(14)7-10)8-12(15)3-5-16-6-4-12/h1-2,7H,3-6,8,15H2. The first-order chi connectivity index (χ1) is 7.59. The lowest BCUT2D eigenvalue weighted by atomic mass is 9.85. The second-order valence-corrected chi connectivity index (χ2v) is 4.82. The molecule has 0 aliphatic carbocycles. The molecule has 0 spiro atoms. The molecule has 0 radical (unpaired) electrons. The van der Waals surface area contributed by atoms with Crippen LogP contribution in [-0.4, -0.2) is 18.8 Å². The highest BCUT2D eigenvalue weighted by Crippen LogP contribution is 2.25. The first kappa shape index (κ1) is 11.8. The smallest absolute Gasteiger partial charge is 0.127 e. The molecule has 1 aromatic carbocycles. The summed E-state index contributed by atoms with van der Waals surface area (Å²) in [6, 6.07) is 4.74. The van der Waals surface area contributed by atoms with Crippen molar-refractivity contribution >= 4 is 11.6 Å². The largest absolute Gasteiger partial charge is 0.381 e. The molecule has 4 heteroatoms. The molecule has 0 saturated carbocycles. The van der Waals surface area contributed by atoms with Gasteiger partial charge < -0.3 is 10.5 Å². The van der Waals surface area contributed by atoms with Crippen molar-refractivity contribution in [3.8, 4) is 0 Å². The fourth-order valence-electron chi connectivity index (χ4n) is 2.00. The summed E-state index contributed by atoms with van der Waals surface area (Å²) in [5.74, 6) is -0.274. The second kappa shape index (κ2) is 4.70. The van der Waals surface area contributed by atoms with Crippen molar-refractivity contribution in [1.29, 1.82) is 0 Å². The summed E-state index contributed by atoms with van der Waals surface area (Å²) >= 11 is 5.70. The van der Waals surface area contributed by atoms with E-state index in [1.165, 1.54) is 6.07 Å². The van der Waals surface area contributed by atoms with Crippen LogP contribution < -0.4 is 5.73 Å². The number of benzene rings is 1. The van der Waals surface area contributed by atoms with E-state index < -0.39 is 0 Å². The van der Waals surface area contributed by atoms with Crippen molar-refractivity contribution < 1.29 is 9.13 Å². The lowest BCUT2D eigenvalue weighted by molar-refractivity contribution is 0.0531. The van der Waals surface area contributed by atoms with Crippen LogP contribution in [0.3, 0.4) is 0 Å². The van der Waals surface area contributed by atoms with Gasteiger partial charge in [-0.1, -0.05) is 17.7 Å². The van der Waals surface area contributed by atoms with E-state index in [4.69, 9.17) is 22.1 Å². The summed E-state index contributed by atoms with van der Waals surface area (Å²) in [4.78, 5) is 0. The van der Waals surface area contributed by atoms with Crippen LogP contribution in [0.1, 0.15) is 18.4 Å². The Morgan fingerprint density at radius 3 is 2.69 bits per heavy atom. The van der Waals surface area contributed by atoms with Crippen LogP contribution in [0.2, 0.25) is 5.02 Å². The van der Waals surface area contributed by atoms with E-state index in [9.17, 15) is 4.39 Å². The van der Waals surface area contributed by atoms with Crippen molar-refractivity contribution in [2.45, 2.75) is 24.8 Å². The van der Waals surface area contributed by atoms with Crippen molar-refractivity contribution in [2.75, 3.05) is 13.2 Å². The number of hydrogen-bond acceptors (Lipinski definition) is 2. The quantitative estimate of drug-likeness (QED) is 0.866. The molecular formula is C12H15ClFNO. The van der Waals surface area contributed by atoms with Crippen molar-refractivity contribution in [2.24, 2.45) is 5.73 Å². The molecule has 0 aromatic heterocycles. The Bertz CT molecular complexity index is 377. The molecule has 1 saturated heterocycles. The molecule has 88 valence electrons. The molecule has 0 amide bonds. The first-order valence-corrected chi connectivity index (χ1v) is 5.77. The Morgan fingerprint density at radius 1 is 1.38 bits per heavy atom. The Kier molecular flexibility index (Phi) is 3.47. The molecule has 1 aliphatic heterocycles. The Hall–Kier alpha value is -0.640. The van der Waals surface area contributed by atoms with Crippen LogP contribution in [0.5, 0.6) is 0 Å². The zero-order valence-electron chi connectivity index (χ0n) is 9.01. The highest BCUT2D eigenvalue weighted by Gasteiger charge is 2.29. The summed E-state index contributed by atoms with van der Waals surface area (Å²) in [6.07, 6.45) is 2.09. The molecule has 1 fully saturated rings. The summed E-state index contributed by atoms with van der Waals surface area (Å²) < 4.78 is 18.9. The minimum Gasteiger partial charge on any atom is -0.381 e. The van der Waals surface area contributed by atoms with Gasteiger partial charge in [0.05, 0.1) is 0 Å². The topological polar surface area (TPSA) is 35.2 Å². The van der Waals surface area contributed by atoms with Gasteiger partial charge >= 0.3 is 0 Å². The zero-order chi connectivity index (χ0) is 11.6. The third kappa shape index (κ3) is 2.73. The number of nitrogens with two attached hydrogens (primary N) is 1. The number of rotatable bonds is 2. The third-order valence-electron chi connectivity index (χ3n) is 3.05. The summed E-state index contributed by atoms with van der Waals surface area (Å²) in [5, 5.41) is 0.416. The van der Waals surface area contributed by atoms with Gasteiger partial charge in [-0.15, -0.1) is 0 Å². The summed E-state index contributed by atoms with van der Waals surface area (Å²) in [7, 11) is 0. The highest BCUT2D eigenvalue weighted by molar-refractivity contribution is 6.30. The third-order valence-corrected chi connectivity index (χ3v) is 3.28. The molecule has 16 heavy (non-hydrogen) atoms. The SMILES string of the molecule is NC1(Cc2ccc(Cl)cc2F)CCOCC1. The van der Waals surface area contributed by atoms with Crippen LogP contribution in [-0.2, 0) is 11.2 Å². The Labute approximate surface area is 99.5 Å². The first-order valence-electron chi connectivity index (χ1n) is 5.40. The van der Waals surface area contributed by atoms with Gasteiger partial charge in [0.25, 0.3) is 0 Å². The number of ether oxygens (including phenoxy) is 1. The summed E-state index contributed by atoms with van der Waals surface area (Å²) in [6.45, 7) is 1.32. The highest BCUT2D eigenvalue weighted by atomic mass is 35.5. The van der Waals surface area contributed by atoms with E-state index in [0.29, 0.717) is 30.2 Å². The van der Waals surface area contributed by atoms with Crippen molar-refractivity contribution in [1.82, 2.24) is 0 Å². The summed E-state index contributed by atoms with van der Waals surface area (Å²) in [5.41, 5.74) is 6.51. The van der Waals surface area contributed by atoms with Gasteiger partial charge in [-0.05, 0) is 37.0 Å². The van der Waals surface area contributed by atoms with Gasteiger partial charge in [-0.2, -0.15) is 0 Å². The van der Waals surface area contributed by atoms with E-state index in [1.807, 2.05) is 0 Å². The maximum absolute atomic E-state index is 13.6. The predicted octanol–water partition coefficient (Wildman–Crippen LogP) is 2.53. The van der Waals surface area contributed by atoms with E-state index in [2.05, 4.69) is 0 Å². The van der Waals surface area contributed by atoms with Crippen LogP contribution in [0.15, 0.2) is 18.2 Å². The number of hydrogen-bond donors (Lipinski definition) is 1.